The maximum atomic E-state index is 13.2. The van der Waals surface area contributed by atoms with Gasteiger partial charge in [0.2, 0.25) is 0 Å². The van der Waals surface area contributed by atoms with Crippen molar-refractivity contribution < 1.29 is 4.39 Å². The van der Waals surface area contributed by atoms with Crippen molar-refractivity contribution in [2.75, 3.05) is 6.54 Å². The van der Waals surface area contributed by atoms with Gasteiger partial charge in [-0.25, -0.2) is 4.39 Å². The molecule has 2 heteroatoms. The second-order valence-electron chi connectivity index (χ2n) is 4.12. The van der Waals surface area contributed by atoms with Gasteiger partial charge in [0, 0.05) is 6.54 Å². The largest absolute Gasteiger partial charge is 0.285 e. The fourth-order valence-corrected chi connectivity index (χ4v) is 1.56. The maximum absolute atomic E-state index is 13.2. The van der Waals surface area contributed by atoms with Crippen LogP contribution in [0.1, 0.15) is 33.6 Å². The van der Waals surface area contributed by atoms with Crippen molar-refractivity contribution in [1.29, 1.82) is 0 Å². The Morgan fingerprint density at radius 1 is 1.55 bits per heavy atom. The van der Waals surface area contributed by atoms with E-state index in [1.165, 1.54) is 0 Å². The van der Waals surface area contributed by atoms with Crippen LogP contribution in [-0.2, 0) is 0 Å². The molecule has 2 unspecified atom stereocenters. The number of nitrogens with one attached hydrogen (secondary N) is 1. The van der Waals surface area contributed by atoms with Crippen molar-refractivity contribution in [3.05, 3.63) is 0 Å². The van der Waals surface area contributed by atoms with E-state index >= 15 is 0 Å². The van der Waals surface area contributed by atoms with E-state index in [-0.39, 0.29) is 0 Å². The smallest absolute Gasteiger partial charge is 0.158 e. The van der Waals surface area contributed by atoms with Gasteiger partial charge < -0.3 is 0 Å². The molecule has 0 aliphatic carbocycles. The van der Waals surface area contributed by atoms with Crippen LogP contribution >= 0.6 is 0 Å². The van der Waals surface area contributed by atoms with Crippen LogP contribution in [0.2, 0.25) is 0 Å². The van der Waals surface area contributed by atoms with E-state index in [1.807, 2.05) is 0 Å². The zero-order valence-electron chi connectivity index (χ0n) is 7.65. The summed E-state index contributed by atoms with van der Waals surface area (Å²) in [4.78, 5) is 0. The molecule has 1 aliphatic heterocycles. The number of rotatable bonds is 1. The third-order valence-electron chi connectivity index (χ3n) is 2.66. The van der Waals surface area contributed by atoms with Crippen molar-refractivity contribution in [2.24, 2.45) is 11.8 Å². The second-order valence-corrected chi connectivity index (χ2v) is 4.12. The molecule has 0 aromatic heterocycles. The lowest BCUT2D eigenvalue weighted by atomic mass is 9.86. The first-order valence-corrected chi connectivity index (χ1v) is 4.45. The number of hydrogen-bond acceptors (Lipinski definition) is 1. The van der Waals surface area contributed by atoms with E-state index in [1.54, 1.807) is 6.92 Å². The van der Waals surface area contributed by atoms with Crippen molar-refractivity contribution in [2.45, 2.75) is 39.4 Å². The normalized spacial score (nSPS) is 39.5. The number of hydrogen-bond donors (Lipinski definition) is 1. The van der Waals surface area contributed by atoms with Gasteiger partial charge in [-0.15, -0.1) is 0 Å². The van der Waals surface area contributed by atoms with Crippen LogP contribution in [0.4, 0.5) is 4.39 Å². The number of halogens is 1. The van der Waals surface area contributed by atoms with Gasteiger partial charge >= 0.3 is 0 Å². The van der Waals surface area contributed by atoms with Gasteiger partial charge in [0.1, 0.15) is 0 Å². The van der Waals surface area contributed by atoms with Crippen molar-refractivity contribution in [3.63, 3.8) is 0 Å². The van der Waals surface area contributed by atoms with Crippen LogP contribution in [0.25, 0.3) is 0 Å². The van der Waals surface area contributed by atoms with Gasteiger partial charge in [-0.1, -0.05) is 13.8 Å². The second kappa shape index (κ2) is 3.10. The summed E-state index contributed by atoms with van der Waals surface area (Å²) in [6.45, 7) is 6.87. The Morgan fingerprint density at radius 2 is 2.18 bits per heavy atom. The first-order chi connectivity index (χ1) is 5.01. The molecule has 0 spiro atoms. The zero-order valence-corrected chi connectivity index (χ0v) is 7.65. The lowest BCUT2D eigenvalue weighted by Gasteiger charge is -2.34. The molecular formula is C9H18FN. The number of piperidine rings is 1. The molecule has 0 amide bonds. The highest BCUT2D eigenvalue weighted by molar-refractivity contribution is 4.81. The summed E-state index contributed by atoms with van der Waals surface area (Å²) in [5.41, 5.74) is 0. The van der Waals surface area contributed by atoms with Gasteiger partial charge in [0.05, 0.1) is 0 Å². The molecule has 66 valence electrons. The van der Waals surface area contributed by atoms with E-state index in [0.717, 1.165) is 13.0 Å². The summed E-state index contributed by atoms with van der Waals surface area (Å²) in [5, 5.41) is 2.92. The van der Waals surface area contributed by atoms with Gasteiger partial charge in [0.25, 0.3) is 0 Å². The standard InChI is InChI=1S/C9H18FN/c1-7(2)8-4-5-9(3,10)11-6-8/h7-8,11H,4-6H2,1-3H3. The Balaban J connectivity index is 2.36. The van der Waals surface area contributed by atoms with Crippen LogP contribution in [0.15, 0.2) is 0 Å². The van der Waals surface area contributed by atoms with E-state index in [9.17, 15) is 4.39 Å². The summed E-state index contributed by atoms with van der Waals surface area (Å²) in [6.07, 6.45) is 1.69. The molecule has 1 fully saturated rings. The molecule has 2 atom stereocenters. The van der Waals surface area contributed by atoms with Crippen molar-refractivity contribution >= 4 is 0 Å². The van der Waals surface area contributed by atoms with E-state index in [4.69, 9.17) is 0 Å². The fraction of sp³-hybridized carbons (Fsp3) is 1.00. The minimum Gasteiger partial charge on any atom is -0.285 e. The highest BCUT2D eigenvalue weighted by Crippen LogP contribution is 2.27. The molecule has 1 nitrogen and oxygen atoms in total. The Hall–Kier alpha value is -0.110. The molecule has 1 rings (SSSR count). The molecule has 0 aromatic rings. The summed E-state index contributed by atoms with van der Waals surface area (Å²) in [6, 6.07) is 0. The Labute approximate surface area is 68.4 Å². The van der Waals surface area contributed by atoms with Crippen LogP contribution in [0.5, 0.6) is 0 Å². The van der Waals surface area contributed by atoms with E-state index < -0.39 is 5.79 Å². The fourth-order valence-electron chi connectivity index (χ4n) is 1.56. The number of alkyl halides is 1. The first-order valence-electron chi connectivity index (χ1n) is 4.45. The molecule has 1 heterocycles. The van der Waals surface area contributed by atoms with Crippen LogP contribution in [0.3, 0.4) is 0 Å². The van der Waals surface area contributed by atoms with E-state index in [2.05, 4.69) is 19.2 Å². The predicted molar refractivity (Wildman–Crippen MR) is 45.1 cm³/mol. The molecule has 1 saturated heterocycles. The van der Waals surface area contributed by atoms with E-state index in [0.29, 0.717) is 18.3 Å². The van der Waals surface area contributed by atoms with Gasteiger partial charge in [-0.05, 0) is 31.6 Å². The molecule has 0 saturated carbocycles. The monoisotopic (exact) mass is 159 g/mol. The summed E-state index contributed by atoms with van der Waals surface area (Å²) >= 11 is 0. The van der Waals surface area contributed by atoms with Crippen molar-refractivity contribution in [1.82, 2.24) is 5.32 Å². The molecular weight excluding hydrogens is 141 g/mol. The summed E-state index contributed by atoms with van der Waals surface area (Å²) in [7, 11) is 0. The van der Waals surface area contributed by atoms with Gasteiger partial charge in [-0.2, -0.15) is 0 Å². The molecule has 1 N–H and O–H groups in total. The van der Waals surface area contributed by atoms with Gasteiger partial charge in [-0.3, -0.25) is 5.32 Å². The quantitative estimate of drug-likeness (QED) is 0.579. The average molecular weight is 159 g/mol. The van der Waals surface area contributed by atoms with Crippen molar-refractivity contribution in [3.8, 4) is 0 Å². The highest BCUT2D eigenvalue weighted by Gasteiger charge is 2.30. The molecule has 11 heavy (non-hydrogen) atoms. The third-order valence-corrected chi connectivity index (χ3v) is 2.66. The van der Waals surface area contributed by atoms with Crippen LogP contribution < -0.4 is 5.32 Å². The predicted octanol–water partition coefficient (Wildman–Crippen LogP) is 2.33. The van der Waals surface area contributed by atoms with Gasteiger partial charge in [0.15, 0.2) is 5.79 Å². The third kappa shape index (κ3) is 2.44. The summed E-state index contributed by atoms with van der Waals surface area (Å²) in [5.74, 6) is 0.239. The topological polar surface area (TPSA) is 12.0 Å². The lowest BCUT2D eigenvalue weighted by molar-refractivity contribution is 0.0677. The average Bonchev–Trinajstić information content (AvgIpc) is 1.86. The Kier molecular flexibility index (Phi) is 2.53. The Morgan fingerprint density at radius 3 is 2.55 bits per heavy atom. The highest BCUT2D eigenvalue weighted by atomic mass is 19.1. The minimum atomic E-state index is -1.11. The summed E-state index contributed by atoms with van der Waals surface area (Å²) < 4.78 is 13.2. The molecule has 0 bridgehead atoms. The lowest BCUT2D eigenvalue weighted by Crippen LogP contribution is -2.46. The molecule has 0 aromatic carbocycles. The van der Waals surface area contributed by atoms with Crippen LogP contribution in [-0.4, -0.2) is 12.3 Å². The zero-order chi connectivity index (χ0) is 8.48. The molecule has 1 aliphatic rings. The van der Waals surface area contributed by atoms with Crippen LogP contribution in [0, 0.1) is 11.8 Å². The molecule has 0 radical (unpaired) electrons. The SMILES string of the molecule is CC(C)C1CCC(C)(F)NC1. The minimum absolute atomic E-state index is 0.663. The maximum Gasteiger partial charge on any atom is 0.158 e. The first kappa shape index (κ1) is 8.98. The Bertz CT molecular complexity index is 122.